The molecule has 1 heterocycles. The third-order valence-corrected chi connectivity index (χ3v) is 7.09. The van der Waals surface area contributed by atoms with E-state index < -0.39 is 21.6 Å². The van der Waals surface area contributed by atoms with E-state index in [0.717, 1.165) is 5.69 Å². The minimum absolute atomic E-state index is 0.0593. The number of hydrogen-bond acceptors (Lipinski definition) is 4. The number of sulfone groups is 1. The van der Waals surface area contributed by atoms with E-state index in [1.807, 2.05) is 6.92 Å². The number of carbonyl (C=O) groups is 1. The molecule has 1 N–H and O–H groups in total. The van der Waals surface area contributed by atoms with Gasteiger partial charge in [-0.05, 0) is 62.2 Å². The molecule has 8 heteroatoms. The van der Waals surface area contributed by atoms with Crippen LogP contribution in [0.1, 0.15) is 28.0 Å². The van der Waals surface area contributed by atoms with Gasteiger partial charge in [-0.2, -0.15) is 0 Å². The zero-order chi connectivity index (χ0) is 22.6. The first-order chi connectivity index (χ1) is 14.8. The Hall–Kier alpha value is -2.97. The van der Waals surface area contributed by atoms with Gasteiger partial charge in [-0.3, -0.25) is 4.79 Å². The van der Waals surface area contributed by atoms with Crippen LogP contribution in [0.2, 0.25) is 0 Å². The van der Waals surface area contributed by atoms with Crippen molar-refractivity contribution in [1.29, 1.82) is 0 Å². The fourth-order valence-electron chi connectivity index (χ4n) is 3.43. The molecule has 31 heavy (non-hydrogen) atoms. The number of hydrogen-bond donors (Lipinski definition) is 1. The largest absolute Gasteiger partial charge is 0.385 e. The minimum Gasteiger partial charge on any atom is -0.385 e. The van der Waals surface area contributed by atoms with Gasteiger partial charge >= 0.3 is 0 Å². The molecule has 0 bridgehead atoms. The van der Waals surface area contributed by atoms with Crippen LogP contribution in [0, 0.1) is 19.7 Å². The third-order valence-electron chi connectivity index (χ3n) is 5.16. The summed E-state index contributed by atoms with van der Waals surface area (Å²) in [4.78, 5) is 13.1. The van der Waals surface area contributed by atoms with Crippen LogP contribution in [0.3, 0.4) is 0 Å². The number of anilines is 1. The van der Waals surface area contributed by atoms with Gasteiger partial charge in [0.25, 0.3) is 5.91 Å². The number of aromatic nitrogens is 1. The molecule has 3 aromatic rings. The highest BCUT2D eigenvalue weighted by Gasteiger charge is 2.30. The molecular formula is C23H25FN2O4S. The molecule has 164 valence electrons. The van der Waals surface area contributed by atoms with Crippen molar-refractivity contribution in [2.75, 3.05) is 19.0 Å². The number of amides is 1. The molecule has 0 spiro atoms. The number of ether oxygens (including phenoxy) is 1. The van der Waals surface area contributed by atoms with Gasteiger partial charge in [0.15, 0.2) is 0 Å². The highest BCUT2D eigenvalue weighted by molar-refractivity contribution is 7.91. The molecule has 1 amide bonds. The van der Waals surface area contributed by atoms with Gasteiger partial charge in [-0.15, -0.1) is 0 Å². The van der Waals surface area contributed by atoms with Crippen LogP contribution in [-0.4, -0.2) is 32.6 Å². The van der Waals surface area contributed by atoms with Crippen molar-refractivity contribution >= 4 is 21.6 Å². The van der Waals surface area contributed by atoms with Gasteiger partial charge in [0.1, 0.15) is 16.5 Å². The molecule has 0 atom stereocenters. The first-order valence-electron chi connectivity index (χ1n) is 9.83. The van der Waals surface area contributed by atoms with E-state index in [-0.39, 0.29) is 21.2 Å². The molecule has 0 saturated carbocycles. The summed E-state index contributed by atoms with van der Waals surface area (Å²) in [6, 6.07) is 13.2. The molecule has 0 radical (unpaired) electrons. The Bertz CT molecular complexity index is 1170. The van der Waals surface area contributed by atoms with E-state index >= 15 is 0 Å². The van der Waals surface area contributed by atoms with Crippen molar-refractivity contribution < 1.29 is 22.3 Å². The minimum atomic E-state index is -3.89. The fourth-order valence-corrected chi connectivity index (χ4v) is 5.15. The Balaban J connectivity index is 2.12. The maximum atomic E-state index is 13.5. The van der Waals surface area contributed by atoms with E-state index in [2.05, 4.69) is 5.32 Å². The van der Waals surface area contributed by atoms with Crippen LogP contribution in [0.25, 0.3) is 0 Å². The SMILES string of the molecule is COCCCn1c(C)c(C)c(S(=O)(=O)c2ccccc2)c1NC(=O)c1ccc(F)cc1. The van der Waals surface area contributed by atoms with Crippen LogP contribution in [0.15, 0.2) is 64.4 Å². The third kappa shape index (κ3) is 4.70. The molecule has 0 fully saturated rings. The standard InChI is InChI=1S/C23H25FN2O4S/c1-16-17(2)26(14-7-15-30-3)22(25-23(27)18-10-12-19(24)13-11-18)21(16)31(28,29)20-8-5-4-6-9-20/h4-6,8-13H,7,14-15H2,1-3H3,(H,25,27). The second kappa shape index (κ2) is 9.45. The van der Waals surface area contributed by atoms with Crippen LogP contribution in [0.4, 0.5) is 10.2 Å². The number of benzene rings is 2. The molecular weight excluding hydrogens is 419 g/mol. The molecule has 0 aliphatic rings. The summed E-state index contributed by atoms with van der Waals surface area (Å²) in [5.41, 5.74) is 1.53. The lowest BCUT2D eigenvalue weighted by molar-refractivity contribution is 0.102. The smallest absolute Gasteiger partial charge is 0.256 e. The van der Waals surface area contributed by atoms with Crippen molar-refractivity contribution in [2.24, 2.45) is 0 Å². The van der Waals surface area contributed by atoms with Gasteiger partial charge in [0, 0.05) is 31.5 Å². The van der Waals surface area contributed by atoms with E-state index in [1.54, 1.807) is 36.8 Å². The highest BCUT2D eigenvalue weighted by Crippen LogP contribution is 2.35. The summed E-state index contributed by atoms with van der Waals surface area (Å²) < 4.78 is 47.1. The Morgan fingerprint density at radius 2 is 1.71 bits per heavy atom. The second-order valence-electron chi connectivity index (χ2n) is 7.16. The summed E-state index contributed by atoms with van der Waals surface area (Å²) in [7, 11) is -2.30. The number of nitrogens with zero attached hydrogens (tertiary/aromatic N) is 1. The average molecular weight is 445 g/mol. The summed E-state index contributed by atoms with van der Waals surface area (Å²) in [6.07, 6.45) is 0.635. The number of rotatable bonds is 8. The highest BCUT2D eigenvalue weighted by atomic mass is 32.2. The number of halogens is 1. The Morgan fingerprint density at radius 3 is 2.32 bits per heavy atom. The van der Waals surface area contributed by atoms with E-state index in [1.165, 1.54) is 36.4 Å². The number of methoxy groups -OCH3 is 1. The molecule has 6 nitrogen and oxygen atoms in total. The zero-order valence-corrected chi connectivity index (χ0v) is 18.5. The molecule has 2 aromatic carbocycles. The van der Waals surface area contributed by atoms with Crippen LogP contribution >= 0.6 is 0 Å². The first kappa shape index (κ1) is 22.7. The summed E-state index contributed by atoms with van der Waals surface area (Å²) in [5.74, 6) is -0.780. The summed E-state index contributed by atoms with van der Waals surface area (Å²) in [5, 5.41) is 2.76. The van der Waals surface area contributed by atoms with Crippen molar-refractivity contribution in [3.8, 4) is 0 Å². The zero-order valence-electron chi connectivity index (χ0n) is 17.7. The Kier molecular flexibility index (Phi) is 6.92. The Morgan fingerprint density at radius 1 is 1.06 bits per heavy atom. The predicted molar refractivity (Wildman–Crippen MR) is 117 cm³/mol. The fraction of sp³-hybridized carbons (Fsp3) is 0.261. The van der Waals surface area contributed by atoms with Crippen LogP contribution in [-0.2, 0) is 21.1 Å². The van der Waals surface area contributed by atoms with Gasteiger partial charge in [0.2, 0.25) is 9.84 Å². The Labute approximate surface area is 181 Å². The molecule has 0 aliphatic carbocycles. The van der Waals surface area contributed by atoms with Gasteiger partial charge < -0.3 is 14.6 Å². The molecule has 3 rings (SSSR count). The van der Waals surface area contributed by atoms with Crippen LogP contribution < -0.4 is 5.32 Å². The normalized spacial score (nSPS) is 11.5. The van der Waals surface area contributed by atoms with Crippen molar-refractivity contribution in [3.63, 3.8) is 0 Å². The van der Waals surface area contributed by atoms with Gasteiger partial charge in [-0.1, -0.05) is 18.2 Å². The number of carbonyl (C=O) groups excluding carboxylic acids is 1. The molecule has 0 aliphatic heterocycles. The van der Waals surface area contributed by atoms with Crippen molar-refractivity contribution in [1.82, 2.24) is 4.57 Å². The maximum Gasteiger partial charge on any atom is 0.256 e. The topological polar surface area (TPSA) is 77.4 Å². The van der Waals surface area contributed by atoms with E-state index in [0.29, 0.717) is 25.1 Å². The lowest BCUT2D eigenvalue weighted by Crippen LogP contribution is -2.18. The quantitative estimate of drug-likeness (QED) is 0.524. The van der Waals surface area contributed by atoms with Crippen molar-refractivity contribution in [3.05, 3.63) is 77.2 Å². The van der Waals surface area contributed by atoms with E-state index in [4.69, 9.17) is 4.74 Å². The van der Waals surface area contributed by atoms with Crippen molar-refractivity contribution in [2.45, 2.75) is 36.6 Å². The molecule has 1 aromatic heterocycles. The first-order valence-corrected chi connectivity index (χ1v) is 11.3. The lowest BCUT2D eigenvalue weighted by atomic mass is 10.2. The maximum absolute atomic E-state index is 13.5. The van der Waals surface area contributed by atoms with Crippen LogP contribution in [0.5, 0.6) is 0 Å². The predicted octanol–water partition coefficient (Wildman–Crippen LogP) is 4.37. The van der Waals surface area contributed by atoms with Gasteiger partial charge in [-0.25, -0.2) is 12.8 Å². The monoisotopic (exact) mass is 444 g/mol. The summed E-state index contributed by atoms with van der Waals surface area (Å²) >= 11 is 0. The molecule has 0 unspecified atom stereocenters. The summed E-state index contributed by atoms with van der Waals surface area (Å²) in [6.45, 7) is 4.50. The average Bonchev–Trinajstić information content (AvgIpc) is 2.99. The second-order valence-corrected chi connectivity index (χ2v) is 9.05. The lowest BCUT2D eigenvalue weighted by Gasteiger charge is -2.14. The molecule has 0 saturated heterocycles. The number of nitrogens with one attached hydrogen (secondary N) is 1. The van der Waals surface area contributed by atoms with Gasteiger partial charge in [0.05, 0.1) is 4.90 Å². The van der Waals surface area contributed by atoms with E-state index in [9.17, 15) is 17.6 Å².